The maximum absolute atomic E-state index is 12.8. The van der Waals surface area contributed by atoms with Gasteiger partial charge in [0.15, 0.2) is 0 Å². The normalized spacial score (nSPS) is 11.8. The van der Waals surface area contributed by atoms with E-state index in [9.17, 15) is 9.59 Å². The minimum absolute atomic E-state index is 0.0538. The number of anilines is 1. The van der Waals surface area contributed by atoms with Gasteiger partial charge >= 0.3 is 6.03 Å². The standard InChI is InChI=1S/C21H20ClN3O2/c1-12-11-18(13(2)14-5-9-17(10-6-14)24-21(23)27)25-19(12)20(26)15-3-7-16(22)8-4-15/h3-11,13,25H,1-2H3,(H3,23,24,27). The number of ketones is 1. The Balaban J connectivity index is 1.83. The molecule has 0 radical (unpaired) electrons. The molecule has 2 amide bonds. The molecule has 6 heteroatoms. The van der Waals surface area contributed by atoms with Crippen molar-refractivity contribution >= 4 is 29.1 Å². The molecular formula is C21H20ClN3O2. The summed E-state index contributed by atoms with van der Waals surface area (Å²) >= 11 is 5.90. The predicted octanol–water partition coefficient (Wildman–Crippen LogP) is 4.85. The first-order valence-corrected chi connectivity index (χ1v) is 8.89. The van der Waals surface area contributed by atoms with Crippen molar-refractivity contribution in [2.24, 2.45) is 5.73 Å². The van der Waals surface area contributed by atoms with E-state index in [0.717, 1.165) is 16.8 Å². The lowest BCUT2D eigenvalue weighted by Crippen LogP contribution is -2.19. The Morgan fingerprint density at radius 3 is 2.30 bits per heavy atom. The van der Waals surface area contributed by atoms with Crippen LogP contribution in [0.3, 0.4) is 0 Å². The summed E-state index contributed by atoms with van der Waals surface area (Å²) in [5, 5.41) is 3.13. The van der Waals surface area contributed by atoms with E-state index in [0.29, 0.717) is 22.0 Å². The number of aromatic amines is 1. The summed E-state index contributed by atoms with van der Waals surface area (Å²) in [6, 6.07) is 15.7. The minimum Gasteiger partial charge on any atom is -0.355 e. The third kappa shape index (κ3) is 4.20. The van der Waals surface area contributed by atoms with Gasteiger partial charge in [0.1, 0.15) is 0 Å². The molecule has 0 saturated carbocycles. The van der Waals surface area contributed by atoms with Crippen LogP contribution in [0.5, 0.6) is 0 Å². The van der Waals surface area contributed by atoms with Crippen LogP contribution in [0.15, 0.2) is 54.6 Å². The van der Waals surface area contributed by atoms with Gasteiger partial charge < -0.3 is 16.0 Å². The number of hydrogen-bond acceptors (Lipinski definition) is 2. The van der Waals surface area contributed by atoms with Crippen molar-refractivity contribution in [3.8, 4) is 0 Å². The zero-order valence-electron chi connectivity index (χ0n) is 15.0. The Hall–Kier alpha value is -3.05. The number of urea groups is 1. The zero-order valence-corrected chi connectivity index (χ0v) is 15.8. The highest BCUT2D eigenvalue weighted by atomic mass is 35.5. The van der Waals surface area contributed by atoms with Gasteiger partial charge in [-0.25, -0.2) is 4.79 Å². The second kappa shape index (κ2) is 7.68. The number of benzene rings is 2. The Morgan fingerprint density at radius 2 is 1.70 bits per heavy atom. The SMILES string of the molecule is Cc1cc(C(C)c2ccc(NC(N)=O)cc2)[nH]c1C(=O)c1ccc(Cl)cc1. The summed E-state index contributed by atoms with van der Waals surface area (Å²) in [5.74, 6) is -0.0123. The molecular weight excluding hydrogens is 362 g/mol. The van der Waals surface area contributed by atoms with Gasteiger partial charge in [-0.05, 0) is 60.5 Å². The molecule has 3 rings (SSSR count). The van der Waals surface area contributed by atoms with E-state index in [1.807, 2.05) is 25.1 Å². The molecule has 1 unspecified atom stereocenters. The highest BCUT2D eigenvalue weighted by Gasteiger charge is 2.18. The van der Waals surface area contributed by atoms with Crippen molar-refractivity contribution in [2.45, 2.75) is 19.8 Å². The average molecular weight is 382 g/mol. The molecule has 2 aromatic carbocycles. The van der Waals surface area contributed by atoms with Gasteiger partial charge in [-0.2, -0.15) is 0 Å². The van der Waals surface area contributed by atoms with Crippen LogP contribution in [0.1, 0.15) is 45.7 Å². The highest BCUT2D eigenvalue weighted by Crippen LogP contribution is 2.27. The topological polar surface area (TPSA) is 88.0 Å². The number of H-pyrrole nitrogens is 1. The van der Waals surface area contributed by atoms with E-state index < -0.39 is 6.03 Å². The molecule has 3 aromatic rings. The lowest BCUT2D eigenvalue weighted by molar-refractivity contribution is 0.103. The predicted molar refractivity (Wildman–Crippen MR) is 108 cm³/mol. The van der Waals surface area contributed by atoms with E-state index in [-0.39, 0.29) is 11.7 Å². The van der Waals surface area contributed by atoms with Gasteiger partial charge in [-0.1, -0.05) is 30.7 Å². The van der Waals surface area contributed by atoms with E-state index in [2.05, 4.69) is 17.2 Å². The number of aryl methyl sites for hydroxylation is 1. The molecule has 5 nitrogen and oxygen atoms in total. The second-order valence-corrected chi connectivity index (χ2v) is 6.89. The molecule has 1 atom stereocenters. The van der Waals surface area contributed by atoms with Crippen molar-refractivity contribution < 1.29 is 9.59 Å². The molecule has 0 fully saturated rings. The van der Waals surface area contributed by atoms with Gasteiger partial charge in [0, 0.05) is 27.9 Å². The summed E-state index contributed by atoms with van der Waals surface area (Å²) in [5.41, 5.74) is 9.82. The zero-order chi connectivity index (χ0) is 19.6. The number of rotatable bonds is 5. The molecule has 0 aliphatic rings. The average Bonchev–Trinajstić information content (AvgIpc) is 3.03. The number of primary amides is 1. The molecule has 27 heavy (non-hydrogen) atoms. The van der Waals surface area contributed by atoms with Gasteiger partial charge in [0.25, 0.3) is 0 Å². The maximum Gasteiger partial charge on any atom is 0.316 e. The van der Waals surface area contributed by atoms with E-state index in [1.54, 1.807) is 36.4 Å². The number of nitrogens with one attached hydrogen (secondary N) is 2. The summed E-state index contributed by atoms with van der Waals surface area (Å²) < 4.78 is 0. The van der Waals surface area contributed by atoms with Crippen LogP contribution in [0, 0.1) is 6.92 Å². The molecule has 0 saturated heterocycles. The Kier molecular flexibility index (Phi) is 5.33. The number of carbonyl (C=O) groups is 2. The quantitative estimate of drug-likeness (QED) is 0.551. The van der Waals surface area contributed by atoms with E-state index >= 15 is 0 Å². The maximum atomic E-state index is 12.8. The van der Waals surface area contributed by atoms with Crippen LogP contribution in [0.2, 0.25) is 5.02 Å². The smallest absolute Gasteiger partial charge is 0.316 e. The lowest BCUT2D eigenvalue weighted by atomic mass is 9.97. The summed E-state index contributed by atoms with van der Waals surface area (Å²) in [6.07, 6.45) is 0. The Bertz CT molecular complexity index is 976. The van der Waals surface area contributed by atoms with E-state index in [1.165, 1.54) is 0 Å². The van der Waals surface area contributed by atoms with Crippen LogP contribution >= 0.6 is 11.6 Å². The summed E-state index contributed by atoms with van der Waals surface area (Å²) in [6.45, 7) is 3.97. The number of carbonyl (C=O) groups excluding carboxylic acids is 2. The fourth-order valence-electron chi connectivity index (χ4n) is 2.98. The minimum atomic E-state index is -0.596. The first-order chi connectivity index (χ1) is 12.8. The molecule has 0 aliphatic carbocycles. The van der Waals surface area contributed by atoms with E-state index in [4.69, 9.17) is 17.3 Å². The van der Waals surface area contributed by atoms with Crippen LogP contribution in [-0.2, 0) is 0 Å². The lowest BCUT2D eigenvalue weighted by Gasteiger charge is -2.11. The summed E-state index contributed by atoms with van der Waals surface area (Å²) in [4.78, 5) is 27.0. The number of hydrogen-bond donors (Lipinski definition) is 3. The molecule has 0 spiro atoms. The van der Waals surface area contributed by atoms with Crippen molar-refractivity contribution in [3.05, 3.63) is 87.7 Å². The summed E-state index contributed by atoms with van der Waals surface area (Å²) in [7, 11) is 0. The van der Waals surface area contributed by atoms with Gasteiger partial charge in [-0.3, -0.25) is 4.79 Å². The molecule has 138 valence electrons. The van der Waals surface area contributed by atoms with Crippen molar-refractivity contribution in [2.75, 3.05) is 5.32 Å². The van der Waals surface area contributed by atoms with Gasteiger partial charge in [0.2, 0.25) is 5.78 Å². The third-order valence-electron chi connectivity index (χ3n) is 4.51. The van der Waals surface area contributed by atoms with Gasteiger partial charge in [0.05, 0.1) is 5.69 Å². The van der Waals surface area contributed by atoms with Crippen LogP contribution < -0.4 is 11.1 Å². The Morgan fingerprint density at radius 1 is 1.07 bits per heavy atom. The van der Waals surface area contributed by atoms with Crippen molar-refractivity contribution in [1.29, 1.82) is 0 Å². The number of nitrogens with two attached hydrogens (primary N) is 1. The Labute approximate surface area is 162 Å². The van der Waals surface area contributed by atoms with Crippen molar-refractivity contribution in [1.82, 2.24) is 4.98 Å². The number of halogens is 1. The molecule has 1 aromatic heterocycles. The van der Waals surface area contributed by atoms with Gasteiger partial charge in [-0.15, -0.1) is 0 Å². The van der Waals surface area contributed by atoms with Crippen LogP contribution in [0.4, 0.5) is 10.5 Å². The largest absolute Gasteiger partial charge is 0.355 e. The first-order valence-electron chi connectivity index (χ1n) is 8.51. The van der Waals surface area contributed by atoms with Crippen molar-refractivity contribution in [3.63, 3.8) is 0 Å². The molecule has 1 heterocycles. The van der Waals surface area contributed by atoms with Crippen LogP contribution in [-0.4, -0.2) is 16.8 Å². The molecule has 4 N–H and O–H groups in total. The fraction of sp³-hybridized carbons (Fsp3) is 0.143. The second-order valence-electron chi connectivity index (χ2n) is 6.45. The monoisotopic (exact) mass is 381 g/mol. The first kappa shape index (κ1) is 18.7. The van der Waals surface area contributed by atoms with Crippen LogP contribution in [0.25, 0.3) is 0 Å². The number of amides is 2. The number of aromatic nitrogens is 1. The molecule has 0 aliphatic heterocycles. The highest BCUT2D eigenvalue weighted by molar-refractivity contribution is 6.30. The third-order valence-corrected chi connectivity index (χ3v) is 4.77. The molecule has 0 bridgehead atoms. The fourth-order valence-corrected chi connectivity index (χ4v) is 3.10.